The quantitative estimate of drug-likeness (QED) is 0.312. The molecule has 2 aliphatic heterocycles. The Morgan fingerprint density at radius 2 is 1.89 bits per heavy atom. The third-order valence-electron chi connectivity index (χ3n) is 7.27. The molecule has 0 spiro atoms. The van der Waals surface area contributed by atoms with E-state index in [4.69, 9.17) is 21.1 Å². The van der Waals surface area contributed by atoms with E-state index in [9.17, 15) is 14.7 Å². The summed E-state index contributed by atoms with van der Waals surface area (Å²) in [6, 6.07) is 10.9. The van der Waals surface area contributed by atoms with Crippen LogP contribution in [0.3, 0.4) is 0 Å². The number of aromatic hydroxyl groups is 1. The molecule has 10 heteroatoms. The summed E-state index contributed by atoms with van der Waals surface area (Å²) in [5.41, 5.74) is 3.58. The number of hydrogen-bond donors (Lipinski definition) is 3. The van der Waals surface area contributed by atoms with E-state index in [2.05, 4.69) is 16.9 Å². The third kappa shape index (κ3) is 4.16. The highest BCUT2D eigenvalue weighted by Gasteiger charge is 2.36. The van der Waals surface area contributed by atoms with Crippen molar-refractivity contribution in [1.29, 1.82) is 0 Å². The summed E-state index contributed by atoms with van der Waals surface area (Å²) in [6.07, 6.45) is 0.912. The molecule has 0 bridgehead atoms. The lowest BCUT2D eigenvalue weighted by Gasteiger charge is -2.26. The largest absolute Gasteiger partial charge is 0.506 e. The Kier molecular flexibility index (Phi) is 6.41. The second-order valence-corrected chi connectivity index (χ2v) is 10.1. The summed E-state index contributed by atoms with van der Waals surface area (Å²) < 4.78 is 11.1. The van der Waals surface area contributed by atoms with Crippen molar-refractivity contribution >= 4 is 50.9 Å². The van der Waals surface area contributed by atoms with Gasteiger partial charge in [-0.3, -0.25) is 9.59 Å². The lowest BCUT2D eigenvalue weighted by atomic mass is 9.98. The van der Waals surface area contributed by atoms with Gasteiger partial charge in [0.05, 0.1) is 31.0 Å². The van der Waals surface area contributed by atoms with Crippen molar-refractivity contribution in [3.8, 4) is 11.5 Å². The van der Waals surface area contributed by atoms with Crippen LogP contribution in [0.1, 0.15) is 45.8 Å². The Hall–Kier alpha value is -3.69. The van der Waals surface area contributed by atoms with Crippen molar-refractivity contribution in [3.05, 3.63) is 53.3 Å². The van der Waals surface area contributed by atoms with Gasteiger partial charge in [-0.25, -0.2) is 0 Å². The molecule has 3 N–H and O–H groups in total. The van der Waals surface area contributed by atoms with Gasteiger partial charge >= 0.3 is 0 Å². The van der Waals surface area contributed by atoms with Gasteiger partial charge in [-0.1, -0.05) is 6.92 Å². The van der Waals surface area contributed by atoms with Crippen LogP contribution in [0, 0.1) is 0 Å². The van der Waals surface area contributed by atoms with Crippen molar-refractivity contribution in [2.45, 2.75) is 19.3 Å². The molecule has 2 aromatic heterocycles. The molecule has 9 nitrogen and oxygen atoms in total. The first-order valence-corrected chi connectivity index (χ1v) is 13.4. The Morgan fingerprint density at radius 1 is 1.11 bits per heavy atom. The van der Waals surface area contributed by atoms with Crippen LogP contribution in [0.2, 0.25) is 0 Å². The first kappa shape index (κ1) is 24.6. The molecule has 4 aromatic rings. The molecule has 2 aromatic carbocycles. The number of fused-ring (bicyclic) bond motifs is 4. The van der Waals surface area contributed by atoms with Gasteiger partial charge in [-0.15, -0.1) is 11.6 Å². The lowest BCUT2D eigenvalue weighted by Crippen LogP contribution is -2.40. The van der Waals surface area contributed by atoms with Gasteiger partial charge in [0.2, 0.25) is 0 Å². The van der Waals surface area contributed by atoms with E-state index in [1.807, 2.05) is 24.3 Å². The SMILES string of the molecule is CCCOc1ccc2[nH]c(C(=O)N3C[C@@H](CCl)c4c3cc(O)c3[nH]c(C(=O)N5CCOCC5)cc43)cc2c1. The van der Waals surface area contributed by atoms with Crippen molar-refractivity contribution in [1.82, 2.24) is 14.9 Å². The molecule has 0 unspecified atom stereocenters. The number of halogens is 1. The van der Waals surface area contributed by atoms with E-state index in [0.29, 0.717) is 73.3 Å². The summed E-state index contributed by atoms with van der Waals surface area (Å²) in [7, 11) is 0. The number of carbonyl (C=O) groups excluding carboxylic acids is 2. The molecule has 1 saturated heterocycles. The number of nitrogens with zero attached hydrogens (tertiary/aromatic N) is 2. The van der Waals surface area contributed by atoms with Gasteiger partial charge in [-0.05, 0) is 42.3 Å². The molecule has 4 heterocycles. The number of aromatic nitrogens is 2. The first-order chi connectivity index (χ1) is 18.5. The van der Waals surface area contributed by atoms with Gasteiger partial charge in [0.1, 0.15) is 22.9 Å². The standard InChI is InChI=1S/C28H29ClN4O5/c1-2-7-38-18-3-4-20-16(10-18)11-21(30-20)28(36)33-15-17(14-29)25-19-12-22(27(35)32-5-8-37-9-6-32)31-26(19)24(34)13-23(25)33/h3-4,10-13,17,30-31,34H,2,5-9,14-15H2,1H3/t17-/m1/s1. The summed E-state index contributed by atoms with van der Waals surface area (Å²) in [5, 5.41) is 12.5. The third-order valence-corrected chi connectivity index (χ3v) is 7.64. The fraction of sp³-hybridized carbons (Fsp3) is 0.357. The second-order valence-electron chi connectivity index (χ2n) is 9.75. The van der Waals surface area contributed by atoms with Crippen LogP contribution >= 0.6 is 11.6 Å². The number of hydrogen-bond acceptors (Lipinski definition) is 5. The van der Waals surface area contributed by atoms with Crippen molar-refractivity contribution < 1.29 is 24.2 Å². The molecule has 0 saturated carbocycles. The molecule has 1 atom stereocenters. The van der Waals surface area contributed by atoms with E-state index < -0.39 is 0 Å². The van der Waals surface area contributed by atoms with E-state index in [0.717, 1.165) is 28.6 Å². The molecule has 6 rings (SSSR count). The fourth-order valence-corrected chi connectivity index (χ4v) is 5.65. The van der Waals surface area contributed by atoms with Crippen LogP contribution < -0.4 is 9.64 Å². The highest BCUT2D eigenvalue weighted by Crippen LogP contribution is 2.46. The number of anilines is 1. The molecular weight excluding hydrogens is 508 g/mol. The Bertz CT molecular complexity index is 1540. The van der Waals surface area contributed by atoms with Crippen LogP contribution in [0.4, 0.5) is 5.69 Å². The van der Waals surface area contributed by atoms with Crippen LogP contribution in [-0.2, 0) is 4.74 Å². The molecule has 0 aliphatic carbocycles. The highest BCUT2D eigenvalue weighted by atomic mass is 35.5. The van der Waals surface area contributed by atoms with Crippen LogP contribution in [0.5, 0.6) is 11.5 Å². The number of phenols is 1. The average molecular weight is 537 g/mol. The van der Waals surface area contributed by atoms with Gasteiger partial charge in [0.25, 0.3) is 11.8 Å². The number of carbonyl (C=O) groups is 2. The van der Waals surface area contributed by atoms with E-state index in [1.165, 1.54) is 0 Å². The van der Waals surface area contributed by atoms with Crippen LogP contribution in [0.25, 0.3) is 21.8 Å². The van der Waals surface area contributed by atoms with Gasteiger partial charge < -0.3 is 34.3 Å². The molecule has 2 aliphatic rings. The van der Waals surface area contributed by atoms with E-state index >= 15 is 0 Å². The zero-order chi connectivity index (χ0) is 26.4. The molecule has 1 fully saturated rings. The zero-order valence-electron chi connectivity index (χ0n) is 21.1. The predicted octanol–water partition coefficient (Wildman–Crippen LogP) is 4.60. The minimum atomic E-state index is -0.218. The fourth-order valence-electron chi connectivity index (χ4n) is 5.40. The number of benzene rings is 2. The minimum absolute atomic E-state index is 0.0258. The summed E-state index contributed by atoms with van der Waals surface area (Å²) in [6.45, 7) is 5.08. The molecular formula is C28H29ClN4O5. The summed E-state index contributed by atoms with van der Waals surface area (Å²) >= 11 is 6.38. The number of phenolic OH excluding ortho intramolecular Hbond substituents is 1. The molecule has 38 heavy (non-hydrogen) atoms. The summed E-state index contributed by atoms with van der Waals surface area (Å²) in [4.78, 5) is 36.5. The maximum atomic E-state index is 13.7. The molecule has 2 amide bonds. The highest BCUT2D eigenvalue weighted by molar-refractivity contribution is 6.19. The number of morpholine rings is 1. The van der Waals surface area contributed by atoms with Gasteiger partial charge in [0.15, 0.2) is 0 Å². The van der Waals surface area contributed by atoms with Crippen LogP contribution in [0.15, 0.2) is 36.4 Å². The zero-order valence-corrected chi connectivity index (χ0v) is 21.8. The maximum Gasteiger partial charge on any atom is 0.274 e. The number of ether oxygens (including phenoxy) is 2. The topological polar surface area (TPSA) is 111 Å². The number of rotatable bonds is 6. The second kappa shape index (κ2) is 9.89. The van der Waals surface area contributed by atoms with Crippen LogP contribution in [-0.4, -0.2) is 77.1 Å². The normalized spacial score (nSPS) is 17.4. The predicted molar refractivity (Wildman–Crippen MR) is 146 cm³/mol. The number of nitrogens with one attached hydrogen (secondary N) is 2. The average Bonchev–Trinajstić information content (AvgIpc) is 3.66. The number of alkyl halides is 1. The number of aromatic amines is 2. The van der Waals surface area contributed by atoms with E-state index in [-0.39, 0.29) is 23.5 Å². The van der Waals surface area contributed by atoms with Crippen molar-refractivity contribution in [2.75, 3.05) is 50.2 Å². The first-order valence-electron chi connectivity index (χ1n) is 12.9. The number of H-pyrrole nitrogens is 2. The molecule has 198 valence electrons. The van der Waals surface area contributed by atoms with Gasteiger partial charge in [-0.2, -0.15) is 0 Å². The van der Waals surface area contributed by atoms with Crippen molar-refractivity contribution in [2.24, 2.45) is 0 Å². The van der Waals surface area contributed by atoms with E-state index in [1.54, 1.807) is 21.9 Å². The lowest BCUT2D eigenvalue weighted by molar-refractivity contribution is 0.0299. The maximum absolute atomic E-state index is 13.7. The Balaban J connectivity index is 1.36. The minimum Gasteiger partial charge on any atom is -0.506 e. The number of amides is 2. The summed E-state index contributed by atoms with van der Waals surface area (Å²) in [5.74, 6) is 0.505. The van der Waals surface area contributed by atoms with Gasteiger partial charge in [0, 0.05) is 53.8 Å². The Labute approximate surface area is 224 Å². The molecule has 0 radical (unpaired) electrons. The Morgan fingerprint density at radius 3 is 2.66 bits per heavy atom. The smallest absolute Gasteiger partial charge is 0.274 e. The monoisotopic (exact) mass is 536 g/mol. The van der Waals surface area contributed by atoms with Crippen molar-refractivity contribution in [3.63, 3.8) is 0 Å².